The summed E-state index contributed by atoms with van der Waals surface area (Å²) in [6.07, 6.45) is 2.23. The highest BCUT2D eigenvalue weighted by molar-refractivity contribution is 7.99. The number of H-pyrrole nitrogens is 1. The molecule has 1 aliphatic heterocycles. The number of hydrogen-bond acceptors (Lipinski definition) is 7. The molecular formula is C15H20N6O3S. The first kappa shape index (κ1) is 17.5. The van der Waals surface area contributed by atoms with Crippen molar-refractivity contribution in [1.82, 2.24) is 30.6 Å². The van der Waals surface area contributed by atoms with Gasteiger partial charge in [-0.15, -0.1) is 16.9 Å². The molecule has 10 heteroatoms. The first-order valence-electron chi connectivity index (χ1n) is 7.99. The standard InChI is InChI=1S/C15H20N6O3S/c1-24-11-8-13(22)21-6-4-16-3-2-10(21)14(11)15(23)17-5-7-25-12-9-18-20-19-12/h8-9,16H,2-7H2,1H3,(H,17,23)(H,18,19,20). The molecule has 2 aromatic rings. The molecular weight excluding hydrogens is 344 g/mol. The fourth-order valence-electron chi connectivity index (χ4n) is 2.77. The second kappa shape index (κ2) is 8.17. The van der Waals surface area contributed by atoms with Crippen molar-refractivity contribution in [3.63, 3.8) is 0 Å². The van der Waals surface area contributed by atoms with Gasteiger partial charge in [-0.05, 0) is 0 Å². The van der Waals surface area contributed by atoms with Crippen molar-refractivity contribution in [1.29, 1.82) is 0 Å². The van der Waals surface area contributed by atoms with Gasteiger partial charge in [-0.25, -0.2) is 0 Å². The van der Waals surface area contributed by atoms with Gasteiger partial charge in [0, 0.05) is 50.1 Å². The van der Waals surface area contributed by atoms with Crippen LogP contribution >= 0.6 is 11.8 Å². The summed E-state index contributed by atoms with van der Waals surface area (Å²) < 4.78 is 6.95. The second-order valence-electron chi connectivity index (χ2n) is 5.44. The number of amides is 1. The van der Waals surface area contributed by atoms with Crippen LogP contribution in [0.3, 0.4) is 0 Å². The Morgan fingerprint density at radius 1 is 1.48 bits per heavy atom. The predicted molar refractivity (Wildman–Crippen MR) is 93.3 cm³/mol. The van der Waals surface area contributed by atoms with Gasteiger partial charge in [-0.3, -0.25) is 9.59 Å². The number of nitrogens with one attached hydrogen (secondary N) is 3. The van der Waals surface area contributed by atoms with E-state index < -0.39 is 0 Å². The van der Waals surface area contributed by atoms with E-state index in [1.807, 2.05) is 0 Å². The van der Waals surface area contributed by atoms with E-state index in [1.165, 1.54) is 24.9 Å². The summed E-state index contributed by atoms with van der Waals surface area (Å²) in [7, 11) is 1.47. The van der Waals surface area contributed by atoms with Crippen LogP contribution in [-0.4, -0.2) is 58.4 Å². The van der Waals surface area contributed by atoms with Crippen LogP contribution in [0.1, 0.15) is 16.1 Å². The molecule has 0 bridgehead atoms. The zero-order chi connectivity index (χ0) is 17.6. The number of methoxy groups -OCH3 is 1. The molecule has 3 N–H and O–H groups in total. The van der Waals surface area contributed by atoms with Crippen LogP contribution in [0.15, 0.2) is 22.1 Å². The topological polar surface area (TPSA) is 114 Å². The molecule has 134 valence electrons. The molecule has 1 aliphatic rings. The summed E-state index contributed by atoms with van der Waals surface area (Å²) in [6, 6.07) is 1.38. The average molecular weight is 364 g/mol. The first-order chi connectivity index (χ1) is 12.2. The number of nitrogens with zero attached hydrogens (tertiary/aromatic N) is 3. The van der Waals surface area contributed by atoms with Gasteiger partial charge in [-0.2, -0.15) is 10.3 Å². The number of thioether (sulfide) groups is 1. The lowest BCUT2D eigenvalue weighted by atomic mass is 10.1. The zero-order valence-electron chi connectivity index (χ0n) is 13.9. The Bertz CT molecular complexity index is 789. The highest BCUT2D eigenvalue weighted by Gasteiger charge is 2.23. The molecule has 0 saturated carbocycles. The van der Waals surface area contributed by atoms with Crippen molar-refractivity contribution in [3.05, 3.63) is 33.9 Å². The molecule has 0 aliphatic carbocycles. The molecule has 0 atom stereocenters. The average Bonchev–Trinajstić information content (AvgIpc) is 3.01. The Hall–Kier alpha value is -2.33. The number of fused-ring (bicyclic) bond motifs is 1. The number of pyridine rings is 1. The number of carbonyl (C=O) groups excluding carboxylic acids is 1. The van der Waals surface area contributed by atoms with Crippen LogP contribution in [0, 0.1) is 0 Å². The fourth-order valence-corrected chi connectivity index (χ4v) is 3.42. The summed E-state index contributed by atoms with van der Waals surface area (Å²) in [4.78, 5) is 25.0. The van der Waals surface area contributed by atoms with E-state index in [-0.39, 0.29) is 11.5 Å². The van der Waals surface area contributed by atoms with Gasteiger partial charge in [0.2, 0.25) is 0 Å². The Balaban J connectivity index is 1.75. The maximum Gasteiger partial charge on any atom is 0.256 e. The van der Waals surface area contributed by atoms with Crippen LogP contribution in [0.5, 0.6) is 5.75 Å². The van der Waals surface area contributed by atoms with Crippen molar-refractivity contribution >= 4 is 17.7 Å². The molecule has 0 radical (unpaired) electrons. The Morgan fingerprint density at radius 3 is 3.12 bits per heavy atom. The fraction of sp³-hybridized carbons (Fsp3) is 0.467. The molecule has 3 rings (SSSR count). The van der Waals surface area contributed by atoms with Crippen LogP contribution in [0.25, 0.3) is 0 Å². The van der Waals surface area contributed by atoms with Crippen molar-refractivity contribution in [3.8, 4) is 5.75 Å². The van der Waals surface area contributed by atoms with Crippen molar-refractivity contribution in [2.24, 2.45) is 0 Å². The zero-order valence-corrected chi connectivity index (χ0v) is 14.7. The van der Waals surface area contributed by atoms with Gasteiger partial charge in [0.05, 0.1) is 13.3 Å². The predicted octanol–water partition coefficient (Wildman–Crippen LogP) is -0.357. The van der Waals surface area contributed by atoms with Gasteiger partial charge in [0.15, 0.2) is 0 Å². The van der Waals surface area contributed by atoms with Gasteiger partial charge in [-0.1, -0.05) is 0 Å². The molecule has 0 fully saturated rings. The van der Waals surface area contributed by atoms with Crippen molar-refractivity contribution < 1.29 is 9.53 Å². The van der Waals surface area contributed by atoms with Gasteiger partial charge in [0.25, 0.3) is 11.5 Å². The minimum atomic E-state index is -0.233. The molecule has 25 heavy (non-hydrogen) atoms. The van der Waals surface area contributed by atoms with E-state index in [0.717, 1.165) is 17.3 Å². The number of ether oxygens (including phenoxy) is 1. The second-order valence-corrected chi connectivity index (χ2v) is 6.55. The van der Waals surface area contributed by atoms with E-state index >= 15 is 0 Å². The minimum absolute atomic E-state index is 0.145. The van der Waals surface area contributed by atoms with Crippen molar-refractivity contribution in [2.75, 3.05) is 32.5 Å². The highest BCUT2D eigenvalue weighted by Crippen LogP contribution is 2.21. The molecule has 0 unspecified atom stereocenters. The summed E-state index contributed by atoms with van der Waals surface area (Å²) in [5.74, 6) is 0.750. The first-order valence-corrected chi connectivity index (χ1v) is 8.97. The van der Waals surface area contributed by atoms with E-state index in [2.05, 4.69) is 26.0 Å². The Labute approximate surface area is 148 Å². The molecule has 3 heterocycles. The third-order valence-corrected chi connectivity index (χ3v) is 4.81. The number of carbonyl (C=O) groups is 1. The number of aromatic amines is 1. The molecule has 1 amide bonds. The number of aromatic nitrogens is 4. The molecule has 0 spiro atoms. The van der Waals surface area contributed by atoms with Crippen LogP contribution in [-0.2, 0) is 13.0 Å². The Kier molecular flexibility index (Phi) is 5.71. The summed E-state index contributed by atoms with van der Waals surface area (Å²) in [5.41, 5.74) is 1.02. The van der Waals surface area contributed by atoms with E-state index in [9.17, 15) is 9.59 Å². The summed E-state index contributed by atoms with van der Waals surface area (Å²) in [5, 5.41) is 17.1. The van der Waals surface area contributed by atoms with Crippen molar-refractivity contribution in [2.45, 2.75) is 18.0 Å². The lowest BCUT2D eigenvalue weighted by Crippen LogP contribution is -2.32. The minimum Gasteiger partial charge on any atom is -0.496 e. The Morgan fingerprint density at radius 2 is 2.36 bits per heavy atom. The molecule has 0 saturated heterocycles. The monoisotopic (exact) mass is 364 g/mol. The van der Waals surface area contributed by atoms with E-state index in [0.29, 0.717) is 43.1 Å². The largest absolute Gasteiger partial charge is 0.496 e. The van der Waals surface area contributed by atoms with Gasteiger partial charge < -0.3 is 19.9 Å². The normalized spacial score (nSPS) is 13.8. The van der Waals surface area contributed by atoms with Crippen LogP contribution in [0.4, 0.5) is 0 Å². The smallest absolute Gasteiger partial charge is 0.256 e. The summed E-state index contributed by atoms with van der Waals surface area (Å²) >= 11 is 1.49. The third-order valence-electron chi connectivity index (χ3n) is 3.91. The third kappa shape index (κ3) is 4.02. The lowest BCUT2D eigenvalue weighted by Gasteiger charge is -2.17. The molecule has 2 aromatic heterocycles. The quantitative estimate of drug-likeness (QED) is 0.474. The van der Waals surface area contributed by atoms with Crippen LogP contribution in [0.2, 0.25) is 0 Å². The van der Waals surface area contributed by atoms with Gasteiger partial charge >= 0.3 is 0 Å². The van der Waals surface area contributed by atoms with Gasteiger partial charge in [0.1, 0.15) is 16.3 Å². The maximum absolute atomic E-state index is 12.7. The molecule has 9 nitrogen and oxygen atoms in total. The van der Waals surface area contributed by atoms with E-state index in [4.69, 9.17) is 4.74 Å². The summed E-state index contributed by atoms with van der Waals surface area (Å²) in [6.45, 7) is 2.43. The SMILES string of the molecule is COc1cc(=O)n2c(c1C(=O)NCCSc1cn[nH]n1)CCNCC2. The molecule has 0 aromatic carbocycles. The highest BCUT2D eigenvalue weighted by atomic mass is 32.2. The maximum atomic E-state index is 12.7. The van der Waals surface area contributed by atoms with E-state index in [1.54, 1.807) is 10.8 Å². The lowest BCUT2D eigenvalue weighted by molar-refractivity contribution is 0.0951. The van der Waals surface area contributed by atoms with Crippen LogP contribution < -0.4 is 20.9 Å². The number of rotatable bonds is 6. The number of hydrogen-bond donors (Lipinski definition) is 3.